The van der Waals surface area contributed by atoms with Crippen LogP contribution >= 0.6 is 11.6 Å². The number of alkyl halides is 2. The molecule has 5 rings (SSSR count). The normalized spacial score (nSPS) is 13.9. The first-order chi connectivity index (χ1) is 17.8. The fraction of sp³-hybridized carbons (Fsp3) is 0.250. The van der Waals surface area contributed by atoms with Gasteiger partial charge in [0.05, 0.1) is 41.0 Å². The number of nitrogens with zero attached hydrogens (tertiary/aromatic N) is 7. The molecule has 37 heavy (non-hydrogen) atoms. The van der Waals surface area contributed by atoms with Gasteiger partial charge in [-0.1, -0.05) is 17.7 Å². The summed E-state index contributed by atoms with van der Waals surface area (Å²) in [5, 5.41) is 6.58. The number of halogens is 4. The Bertz CT molecular complexity index is 1440. The zero-order chi connectivity index (χ0) is 26.1. The first-order valence-corrected chi connectivity index (χ1v) is 11.7. The third-order valence-electron chi connectivity index (χ3n) is 6.02. The molecule has 1 unspecified atom stereocenters. The number of carbonyl (C=O) groups excluding carboxylic acids is 1. The molecule has 0 spiro atoms. The number of carbonyl (C=O) groups is 1. The van der Waals surface area contributed by atoms with Crippen LogP contribution in [0.3, 0.4) is 0 Å². The zero-order valence-corrected chi connectivity index (χ0v) is 20.2. The van der Waals surface area contributed by atoms with E-state index in [1.54, 1.807) is 23.3 Å². The number of hydrogen-bond donors (Lipinski definition) is 1. The fourth-order valence-electron chi connectivity index (χ4n) is 3.79. The monoisotopic (exact) mass is 528 g/mol. The highest BCUT2D eigenvalue weighted by Crippen LogP contribution is 2.35. The molecule has 1 aliphatic rings. The summed E-state index contributed by atoms with van der Waals surface area (Å²) in [6.07, 6.45) is 6.95. The smallest absolute Gasteiger partial charge is 0.275 e. The van der Waals surface area contributed by atoms with E-state index < -0.39 is 29.3 Å². The molecule has 1 fully saturated rings. The highest BCUT2D eigenvalue weighted by atomic mass is 35.5. The zero-order valence-electron chi connectivity index (χ0n) is 19.4. The van der Waals surface area contributed by atoms with Gasteiger partial charge in [0.2, 0.25) is 5.95 Å². The van der Waals surface area contributed by atoms with Crippen LogP contribution < -0.4 is 10.2 Å². The molecular formula is C24H20ClF3N8O. The van der Waals surface area contributed by atoms with Gasteiger partial charge in [-0.25, -0.2) is 28.1 Å². The number of amides is 1. The van der Waals surface area contributed by atoms with Crippen LogP contribution in [0, 0.1) is 5.82 Å². The van der Waals surface area contributed by atoms with Crippen LogP contribution in [0.5, 0.6) is 0 Å². The summed E-state index contributed by atoms with van der Waals surface area (Å²) in [6.45, 7) is 3.81. The minimum absolute atomic E-state index is 0.201. The van der Waals surface area contributed by atoms with E-state index >= 15 is 0 Å². The molecule has 0 radical (unpaired) electrons. The van der Waals surface area contributed by atoms with E-state index in [1.807, 2.05) is 6.92 Å². The van der Waals surface area contributed by atoms with Crippen molar-refractivity contribution in [2.24, 2.45) is 0 Å². The first-order valence-electron chi connectivity index (χ1n) is 11.3. The summed E-state index contributed by atoms with van der Waals surface area (Å²) in [5.41, 5.74) is -0.354. The average molecular weight is 529 g/mol. The Morgan fingerprint density at radius 2 is 1.86 bits per heavy atom. The summed E-state index contributed by atoms with van der Waals surface area (Å²) < 4.78 is 43.2. The predicted molar refractivity (Wildman–Crippen MR) is 130 cm³/mol. The number of aromatic nitrogens is 6. The van der Waals surface area contributed by atoms with Crippen molar-refractivity contribution in [3.8, 4) is 11.3 Å². The first kappa shape index (κ1) is 24.6. The second-order valence-electron chi connectivity index (χ2n) is 8.41. The third kappa shape index (κ3) is 4.96. The molecule has 1 saturated heterocycles. The van der Waals surface area contributed by atoms with Crippen molar-refractivity contribution in [3.63, 3.8) is 0 Å². The molecule has 1 atom stereocenters. The highest BCUT2D eigenvalue weighted by Gasteiger charge is 2.23. The van der Waals surface area contributed by atoms with Crippen LogP contribution in [0.25, 0.3) is 11.3 Å². The quantitative estimate of drug-likeness (QED) is 0.363. The maximum atomic E-state index is 14.6. The van der Waals surface area contributed by atoms with Crippen molar-refractivity contribution in [3.05, 3.63) is 77.0 Å². The van der Waals surface area contributed by atoms with Crippen LogP contribution in [0.1, 0.15) is 47.4 Å². The molecule has 0 aliphatic carbocycles. The fourth-order valence-corrected chi connectivity index (χ4v) is 3.95. The van der Waals surface area contributed by atoms with Crippen LogP contribution in [-0.2, 0) is 0 Å². The third-order valence-corrected chi connectivity index (χ3v) is 6.31. The SMILES string of the molecule is CC(c1cnc(N2CCC2)nc1)n1cc(NC(=O)c2cncc(-c3c(C(F)F)ccc(Cl)c3F)n2)cn1. The Kier molecular flexibility index (Phi) is 6.74. The summed E-state index contributed by atoms with van der Waals surface area (Å²) in [5.74, 6) is -1.05. The number of nitrogens with one attached hydrogen (secondary N) is 1. The number of benzene rings is 1. The second-order valence-corrected chi connectivity index (χ2v) is 8.82. The minimum Gasteiger partial charge on any atom is -0.341 e. The van der Waals surface area contributed by atoms with E-state index in [4.69, 9.17) is 11.6 Å². The molecule has 0 bridgehead atoms. The molecule has 3 aromatic heterocycles. The second kappa shape index (κ2) is 10.1. The number of rotatable bonds is 7. The summed E-state index contributed by atoms with van der Waals surface area (Å²) >= 11 is 5.79. The molecule has 1 amide bonds. The van der Waals surface area contributed by atoms with Crippen molar-refractivity contribution < 1.29 is 18.0 Å². The highest BCUT2D eigenvalue weighted by molar-refractivity contribution is 6.31. The summed E-state index contributed by atoms with van der Waals surface area (Å²) in [7, 11) is 0. The molecule has 0 saturated carbocycles. The molecular weight excluding hydrogens is 509 g/mol. The summed E-state index contributed by atoms with van der Waals surface area (Å²) in [6, 6.07) is 1.84. The molecule has 190 valence electrons. The van der Waals surface area contributed by atoms with E-state index in [0.29, 0.717) is 11.6 Å². The number of hydrogen-bond acceptors (Lipinski definition) is 7. The van der Waals surface area contributed by atoms with Crippen LogP contribution in [0.15, 0.2) is 49.3 Å². The van der Waals surface area contributed by atoms with Crippen molar-refractivity contribution in [2.45, 2.75) is 25.8 Å². The van der Waals surface area contributed by atoms with Crippen LogP contribution in [0.2, 0.25) is 5.02 Å². The lowest BCUT2D eigenvalue weighted by atomic mass is 10.0. The Balaban J connectivity index is 1.32. The maximum absolute atomic E-state index is 14.6. The Hall–Kier alpha value is -4.06. The molecule has 13 heteroatoms. The van der Waals surface area contributed by atoms with Gasteiger partial charge in [-0.15, -0.1) is 0 Å². The molecule has 1 aliphatic heterocycles. The Morgan fingerprint density at radius 1 is 1.11 bits per heavy atom. The predicted octanol–water partition coefficient (Wildman–Crippen LogP) is 4.93. The van der Waals surface area contributed by atoms with Gasteiger partial charge in [0.1, 0.15) is 5.69 Å². The van der Waals surface area contributed by atoms with Gasteiger partial charge in [-0.05, 0) is 19.4 Å². The van der Waals surface area contributed by atoms with Gasteiger partial charge in [-0.3, -0.25) is 14.5 Å². The molecule has 4 heterocycles. The van der Waals surface area contributed by atoms with E-state index in [0.717, 1.165) is 49.6 Å². The lowest BCUT2D eigenvalue weighted by molar-refractivity contribution is 0.102. The standard InChI is InChI=1S/C24H20ClF3N8O/c1-13(14-7-30-24(31-8-14)35-5-2-6-35)36-12-15(9-32-36)33-23(37)19-11-29-10-18(34-19)20-16(22(27)28)3-4-17(25)21(20)26/h3-4,7-13,22H,2,5-6H2,1H3,(H,33,37). The van der Waals surface area contributed by atoms with E-state index in [9.17, 15) is 18.0 Å². The van der Waals surface area contributed by atoms with E-state index in [2.05, 4.69) is 35.3 Å². The Labute approximate surface area is 214 Å². The van der Waals surface area contributed by atoms with Crippen LogP contribution in [0.4, 0.5) is 24.8 Å². The topological polar surface area (TPSA) is 102 Å². The summed E-state index contributed by atoms with van der Waals surface area (Å²) in [4.78, 5) is 31.7. The van der Waals surface area contributed by atoms with Crippen LogP contribution in [-0.4, -0.2) is 48.7 Å². The van der Waals surface area contributed by atoms with Crippen molar-refractivity contribution in [1.82, 2.24) is 29.7 Å². The maximum Gasteiger partial charge on any atom is 0.275 e. The lowest BCUT2D eigenvalue weighted by Gasteiger charge is -2.30. The van der Waals surface area contributed by atoms with Gasteiger partial charge < -0.3 is 10.2 Å². The Morgan fingerprint density at radius 3 is 2.54 bits per heavy atom. The van der Waals surface area contributed by atoms with Crippen molar-refractivity contribution in [1.29, 1.82) is 0 Å². The van der Waals surface area contributed by atoms with Gasteiger partial charge in [0, 0.05) is 48.4 Å². The van der Waals surface area contributed by atoms with E-state index in [-0.39, 0.29) is 22.5 Å². The van der Waals surface area contributed by atoms with Crippen molar-refractivity contribution >= 4 is 29.1 Å². The minimum atomic E-state index is -2.98. The van der Waals surface area contributed by atoms with E-state index in [1.165, 1.54) is 6.20 Å². The molecule has 4 aromatic rings. The number of anilines is 2. The molecule has 1 N–H and O–H groups in total. The van der Waals surface area contributed by atoms with Gasteiger partial charge in [-0.2, -0.15) is 5.10 Å². The van der Waals surface area contributed by atoms with Crippen molar-refractivity contribution in [2.75, 3.05) is 23.3 Å². The molecule has 9 nitrogen and oxygen atoms in total. The largest absolute Gasteiger partial charge is 0.341 e. The van der Waals surface area contributed by atoms with Gasteiger partial charge in [0.15, 0.2) is 5.82 Å². The molecule has 1 aromatic carbocycles. The van der Waals surface area contributed by atoms with Gasteiger partial charge in [0.25, 0.3) is 12.3 Å². The van der Waals surface area contributed by atoms with Gasteiger partial charge >= 0.3 is 0 Å². The average Bonchev–Trinajstić information content (AvgIpc) is 3.33. The lowest BCUT2D eigenvalue weighted by Crippen LogP contribution is -2.38.